The van der Waals surface area contributed by atoms with Crippen LogP contribution in [0.2, 0.25) is 0 Å². The summed E-state index contributed by atoms with van der Waals surface area (Å²) in [5.74, 6) is -2.48. The highest BCUT2D eigenvalue weighted by atomic mass is 16.4. The largest absolute Gasteiger partial charge is 0.480 e. The summed E-state index contributed by atoms with van der Waals surface area (Å²) in [5, 5.41) is 18.2. The second-order valence-corrected chi connectivity index (χ2v) is 4.79. The molecule has 0 atom stereocenters. The summed E-state index contributed by atoms with van der Waals surface area (Å²) < 4.78 is 0. The number of hydrogen-bond donors (Lipinski definition) is 2. The molecule has 0 amide bonds. The van der Waals surface area contributed by atoms with Gasteiger partial charge in [-0.05, 0) is 25.0 Å². The molecule has 0 aromatic carbocycles. The van der Waals surface area contributed by atoms with Gasteiger partial charge in [0.1, 0.15) is 0 Å². The van der Waals surface area contributed by atoms with Gasteiger partial charge < -0.3 is 10.2 Å². The fourth-order valence-electron chi connectivity index (χ4n) is 2.33. The van der Waals surface area contributed by atoms with Crippen molar-refractivity contribution in [2.45, 2.75) is 19.4 Å². The minimum absolute atomic E-state index is 0.129. The highest BCUT2D eigenvalue weighted by Gasteiger charge is 2.48. The molecule has 102 valence electrons. The van der Waals surface area contributed by atoms with E-state index in [0.717, 1.165) is 5.69 Å². The van der Waals surface area contributed by atoms with Gasteiger partial charge in [-0.3, -0.25) is 19.5 Å². The number of hydrogen-bond acceptors (Lipinski definition) is 4. The predicted octanol–water partition coefficient (Wildman–Crippen LogP) is 0.833. The number of carboxylic acids is 2. The van der Waals surface area contributed by atoms with E-state index in [0.29, 0.717) is 19.6 Å². The zero-order valence-corrected chi connectivity index (χ0v) is 10.5. The van der Waals surface area contributed by atoms with Crippen LogP contribution >= 0.6 is 0 Å². The van der Waals surface area contributed by atoms with Gasteiger partial charge in [0.05, 0.1) is 5.69 Å². The molecule has 0 radical (unpaired) electrons. The van der Waals surface area contributed by atoms with E-state index >= 15 is 0 Å². The van der Waals surface area contributed by atoms with Crippen LogP contribution in [0.3, 0.4) is 0 Å². The number of likely N-dealkylation sites (tertiary alicyclic amines) is 1. The molecule has 0 saturated carbocycles. The van der Waals surface area contributed by atoms with E-state index < -0.39 is 17.4 Å². The Kier molecular flexibility index (Phi) is 3.80. The summed E-state index contributed by atoms with van der Waals surface area (Å²) in [6.45, 7) is 1.53. The van der Waals surface area contributed by atoms with Gasteiger partial charge in [0.15, 0.2) is 5.41 Å². The molecule has 1 aliphatic heterocycles. The van der Waals surface area contributed by atoms with Crippen molar-refractivity contribution >= 4 is 11.9 Å². The van der Waals surface area contributed by atoms with Crippen LogP contribution in [-0.4, -0.2) is 45.1 Å². The number of rotatable bonds is 4. The fourth-order valence-corrected chi connectivity index (χ4v) is 2.33. The Labute approximate surface area is 110 Å². The lowest BCUT2D eigenvalue weighted by atomic mass is 9.78. The molecule has 6 heteroatoms. The number of carbonyl (C=O) groups is 2. The topological polar surface area (TPSA) is 90.7 Å². The zero-order chi connectivity index (χ0) is 13.9. The van der Waals surface area contributed by atoms with Crippen molar-refractivity contribution in [1.82, 2.24) is 9.88 Å². The quantitative estimate of drug-likeness (QED) is 0.783. The van der Waals surface area contributed by atoms with Gasteiger partial charge in [-0.25, -0.2) is 0 Å². The van der Waals surface area contributed by atoms with E-state index in [-0.39, 0.29) is 12.8 Å². The number of nitrogens with zero attached hydrogens (tertiary/aromatic N) is 2. The molecule has 2 rings (SSSR count). The maximum atomic E-state index is 11.2. The van der Waals surface area contributed by atoms with Gasteiger partial charge in [0.2, 0.25) is 0 Å². The third kappa shape index (κ3) is 2.73. The van der Waals surface area contributed by atoms with Crippen molar-refractivity contribution < 1.29 is 19.8 Å². The van der Waals surface area contributed by atoms with Crippen LogP contribution in [0.15, 0.2) is 24.4 Å². The number of carboxylic acid groups (broad SMARTS) is 2. The summed E-state index contributed by atoms with van der Waals surface area (Å²) in [6, 6.07) is 5.63. The molecule has 1 aromatic rings. The molecule has 2 N–H and O–H groups in total. The first kappa shape index (κ1) is 13.5. The predicted molar refractivity (Wildman–Crippen MR) is 66.5 cm³/mol. The lowest BCUT2D eigenvalue weighted by Crippen LogP contribution is -2.48. The number of pyridine rings is 1. The van der Waals surface area contributed by atoms with Gasteiger partial charge in [-0.1, -0.05) is 6.07 Å². The minimum atomic E-state index is -1.62. The summed E-state index contributed by atoms with van der Waals surface area (Å²) >= 11 is 0. The lowest BCUT2D eigenvalue weighted by Gasteiger charge is -2.35. The van der Waals surface area contributed by atoms with Crippen molar-refractivity contribution in [1.29, 1.82) is 0 Å². The van der Waals surface area contributed by atoms with Crippen LogP contribution in [0, 0.1) is 5.41 Å². The van der Waals surface area contributed by atoms with Crippen molar-refractivity contribution in [3.8, 4) is 0 Å². The maximum Gasteiger partial charge on any atom is 0.321 e. The molecule has 0 bridgehead atoms. The smallest absolute Gasteiger partial charge is 0.321 e. The number of piperidine rings is 1. The first-order valence-corrected chi connectivity index (χ1v) is 6.14. The van der Waals surface area contributed by atoms with Crippen LogP contribution in [0.1, 0.15) is 18.5 Å². The molecule has 0 spiro atoms. The van der Waals surface area contributed by atoms with Crippen LogP contribution < -0.4 is 0 Å². The number of aromatic nitrogens is 1. The van der Waals surface area contributed by atoms with Crippen LogP contribution in [0.4, 0.5) is 0 Å². The van der Waals surface area contributed by atoms with Gasteiger partial charge in [0.25, 0.3) is 0 Å². The molecule has 0 unspecified atom stereocenters. The van der Waals surface area contributed by atoms with Crippen LogP contribution in [0.25, 0.3) is 0 Å². The van der Waals surface area contributed by atoms with Gasteiger partial charge in [0, 0.05) is 25.8 Å². The molecule has 6 nitrogen and oxygen atoms in total. The van der Waals surface area contributed by atoms with Gasteiger partial charge in [-0.15, -0.1) is 0 Å². The van der Waals surface area contributed by atoms with E-state index in [4.69, 9.17) is 10.2 Å². The van der Waals surface area contributed by atoms with E-state index in [1.807, 2.05) is 23.1 Å². The Morgan fingerprint density at radius 2 is 1.84 bits per heavy atom. The van der Waals surface area contributed by atoms with E-state index in [1.165, 1.54) is 0 Å². The molecule has 19 heavy (non-hydrogen) atoms. The van der Waals surface area contributed by atoms with Crippen LogP contribution in [0.5, 0.6) is 0 Å². The third-order valence-corrected chi connectivity index (χ3v) is 3.64. The Morgan fingerprint density at radius 3 is 2.32 bits per heavy atom. The molecule has 1 aliphatic rings. The highest BCUT2D eigenvalue weighted by Crippen LogP contribution is 2.32. The van der Waals surface area contributed by atoms with Crippen LogP contribution in [-0.2, 0) is 16.1 Å². The average Bonchev–Trinajstić information content (AvgIpc) is 2.40. The summed E-state index contributed by atoms with van der Waals surface area (Å²) in [4.78, 5) is 28.6. The summed E-state index contributed by atoms with van der Waals surface area (Å²) in [5.41, 5.74) is -0.721. The molecule has 0 aliphatic carbocycles. The maximum absolute atomic E-state index is 11.2. The standard InChI is InChI=1S/C13H16N2O4/c16-11(17)13(12(18)19)4-7-15(8-5-13)9-10-3-1-2-6-14-10/h1-3,6H,4-5,7-9H2,(H,16,17)(H,18,19). The number of aliphatic carboxylic acids is 2. The van der Waals surface area contributed by atoms with Crippen molar-refractivity contribution in [2.24, 2.45) is 5.41 Å². The fraction of sp³-hybridized carbons (Fsp3) is 0.462. The third-order valence-electron chi connectivity index (χ3n) is 3.64. The Hall–Kier alpha value is -1.95. The first-order chi connectivity index (χ1) is 9.04. The van der Waals surface area contributed by atoms with Crippen molar-refractivity contribution in [3.05, 3.63) is 30.1 Å². The zero-order valence-electron chi connectivity index (χ0n) is 10.5. The summed E-state index contributed by atoms with van der Waals surface area (Å²) in [7, 11) is 0. The molecule has 1 fully saturated rings. The second kappa shape index (κ2) is 5.36. The van der Waals surface area contributed by atoms with E-state index in [2.05, 4.69) is 4.98 Å². The molecule has 1 saturated heterocycles. The van der Waals surface area contributed by atoms with E-state index in [9.17, 15) is 9.59 Å². The Balaban J connectivity index is 1.99. The molecule has 2 heterocycles. The summed E-state index contributed by atoms with van der Waals surface area (Å²) in [6.07, 6.45) is 1.97. The first-order valence-electron chi connectivity index (χ1n) is 6.14. The molecular weight excluding hydrogens is 248 g/mol. The lowest BCUT2D eigenvalue weighted by molar-refractivity contribution is -0.168. The Morgan fingerprint density at radius 1 is 1.21 bits per heavy atom. The van der Waals surface area contributed by atoms with E-state index in [1.54, 1.807) is 6.20 Å². The van der Waals surface area contributed by atoms with Crippen molar-refractivity contribution in [2.75, 3.05) is 13.1 Å². The van der Waals surface area contributed by atoms with Gasteiger partial charge in [-0.2, -0.15) is 0 Å². The molecule has 1 aromatic heterocycles. The highest BCUT2D eigenvalue weighted by molar-refractivity contribution is 5.98. The normalized spacial score (nSPS) is 18.9. The monoisotopic (exact) mass is 264 g/mol. The SMILES string of the molecule is O=C(O)C1(C(=O)O)CCN(Cc2ccccn2)CC1. The second-order valence-electron chi connectivity index (χ2n) is 4.79. The van der Waals surface area contributed by atoms with Gasteiger partial charge >= 0.3 is 11.9 Å². The Bertz CT molecular complexity index is 451. The molecular formula is C13H16N2O4. The average molecular weight is 264 g/mol. The van der Waals surface area contributed by atoms with Crippen molar-refractivity contribution in [3.63, 3.8) is 0 Å². The minimum Gasteiger partial charge on any atom is -0.480 e.